The fourth-order valence-corrected chi connectivity index (χ4v) is 3.63. The van der Waals surface area contributed by atoms with Crippen molar-refractivity contribution < 1.29 is 4.79 Å². The summed E-state index contributed by atoms with van der Waals surface area (Å²) in [5.41, 5.74) is 3.94. The van der Waals surface area contributed by atoms with Crippen molar-refractivity contribution in [2.24, 2.45) is 5.92 Å². The summed E-state index contributed by atoms with van der Waals surface area (Å²) in [6.07, 6.45) is 6.69. The smallest absolute Gasteiger partial charge is 0.219 e. The molecule has 1 N–H and O–H groups in total. The summed E-state index contributed by atoms with van der Waals surface area (Å²) in [5, 5.41) is 0. The van der Waals surface area contributed by atoms with Gasteiger partial charge in [0.15, 0.2) is 11.3 Å². The third-order valence-corrected chi connectivity index (χ3v) is 4.86. The number of aromatic amines is 1. The number of carbonyl (C=O) groups is 1. The molecule has 1 fully saturated rings. The number of nitrogens with zero attached hydrogens (tertiary/aromatic N) is 4. The zero-order valence-corrected chi connectivity index (χ0v) is 12.8. The molecule has 1 amide bonds. The van der Waals surface area contributed by atoms with Crippen molar-refractivity contribution in [1.82, 2.24) is 24.3 Å². The maximum Gasteiger partial charge on any atom is 0.219 e. The van der Waals surface area contributed by atoms with Gasteiger partial charge in [-0.1, -0.05) is 13.3 Å². The van der Waals surface area contributed by atoms with E-state index in [0.29, 0.717) is 11.8 Å². The molecule has 22 heavy (non-hydrogen) atoms. The predicted octanol–water partition coefficient (Wildman–Crippen LogP) is 2.18. The topological polar surface area (TPSA) is 66.3 Å². The predicted molar refractivity (Wildman–Crippen MR) is 83.6 cm³/mol. The molecule has 4 rings (SSSR count). The normalized spacial score (nSPS) is 22.0. The SMILES string of the molecule is CC[C@@H]1CN(C(C)=O)C[C@@H]1c1cnc2cnc3[nH]ccc3n12. The first-order valence-corrected chi connectivity index (χ1v) is 7.74. The van der Waals surface area contributed by atoms with Crippen LogP contribution >= 0.6 is 0 Å². The number of hydrogen-bond acceptors (Lipinski definition) is 3. The maximum atomic E-state index is 11.7. The van der Waals surface area contributed by atoms with Crippen LogP contribution in [0.2, 0.25) is 0 Å². The van der Waals surface area contributed by atoms with Crippen molar-refractivity contribution >= 4 is 22.7 Å². The molecule has 1 saturated heterocycles. The van der Waals surface area contributed by atoms with Crippen molar-refractivity contribution in [3.05, 3.63) is 30.4 Å². The Balaban J connectivity index is 1.86. The van der Waals surface area contributed by atoms with E-state index in [0.717, 1.165) is 36.3 Å². The molecule has 3 aromatic rings. The average molecular weight is 297 g/mol. The highest BCUT2D eigenvalue weighted by molar-refractivity contribution is 5.75. The minimum atomic E-state index is 0.156. The number of H-pyrrole nitrogens is 1. The summed E-state index contributed by atoms with van der Waals surface area (Å²) in [5.74, 6) is 0.957. The Hall–Kier alpha value is -2.37. The first-order chi connectivity index (χ1) is 10.7. The van der Waals surface area contributed by atoms with E-state index in [-0.39, 0.29) is 5.91 Å². The van der Waals surface area contributed by atoms with Crippen LogP contribution in [0.5, 0.6) is 0 Å². The van der Waals surface area contributed by atoms with E-state index in [1.807, 2.05) is 23.4 Å². The molecule has 0 aliphatic carbocycles. The van der Waals surface area contributed by atoms with Crippen LogP contribution in [0, 0.1) is 5.92 Å². The van der Waals surface area contributed by atoms with Crippen molar-refractivity contribution in [2.75, 3.05) is 13.1 Å². The van der Waals surface area contributed by atoms with E-state index >= 15 is 0 Å². The third kappa shape index (κ3) is 1.83. The van der Waals surface area contributed by atoms with Gasteiger partial charge in [0.05, 0.1) is 11.7 Å². The largest absolute Gasteiger partial charge is 0.345 e. The highest BCUT2D eigenvalue weighted by Gasteiger charge is 2.35. The molecule has 0 spiro atoms. The van der Waals surface area contributed by atoms with Crippen LogP contribution in [0.4, 0.5) is 0 Å². The number of imidazole rings is 1. The first kappa shape index (κ1) is 13.3. The third-order valence-electron chi connectivity index (χ3n) is 4.86. The van der Waals surface area contributed by atoms with E-state index in [1.165, 1.54) is 5.69 Å². The van der Waals surface area contributed by atoms with Crippen molar-refractivity contribution in [3.63, 3.8) is 0 Å². The zero-order valence-electron chi connectivity index (χ0n) is 12.8. The highest BCUT2D eigenvalue weighted by atomic mass is 16.2. The van der Waals surface area contributed by atoms with Crippen LogP contribution in [0.15, 0.2) is 24.7 Å². The summed E-state index contributed by atoms with van der Waals surface area (Å²) in [7, 11) is 0. The van der Waals surface area contributed by atoms with Gasteiger partial charge < -0.3 is 9.88 Å². The van der Waals surface area contributed by atoms with Gasteiger partial charge in [-0.05, 0) is 12.0 Å². The lowest BCUT2D eigenvalue weighted by Crippen LogP contribution is -2.26. The Labute approximate surface area is 128 Å². The van der Waals surface area contributed by atoms with Gasteiger partial charge >= 0.3 is 0 Å². The lowest BCUT2D eigenvalue weighted by Gasteiger charge is -2.16. The van der Waals surface area contributed by atoms with Crippen LogP contribution in [0.3, 0.4) is 0 Å². The van der Waals surface area contributed by atoms with E-state index in [2.05, 4.69) is 26.3 Å². The molecule has 1 aliphatic heterocycles. The maximum absolute atomic E-state index is 11.7. The summed E-state index contributed by atoms with van der Waals surface area (Å²) in [6, 6.07) is 2.03. The van der Waals surface area contributed by atoms with Crippen molar-refractivity contribution in [2.45, 2.75) is 26.2 Å². The number of aromatic nitrogens is 4. The number of amides is 1. The molecule has 0 unspecified atom stereocenters. The first-order valence-electron chi connectivity index (χ1n) is 7.74. The molecule has 2 atom stereocenters. The van der Waals surface area contributed by atoms with Gasteiger partial charge in [0.1, 0.15) is 0 Å². The summed E-state index contributed by atoms with van der Waals surface area (Å²) in [4.78, 5) is 25.7. The van der Waals surface area contributed by atoms with Gasteiger partial charge in [-0.15, -0.1) is 0 Å². The number of hydrogen-bond donors (Lipinski definition) is 1. The quantitative estimate of drug-likeness (QED) is 0.788. The Morgan fingerprint density at radius 2 is 2.23 bits per heavy atom. The highest BCUT2D eigenvalue weighted by Crippen LogP contribution is 2.35. The van der Waals surface area contributed by atoms with E-state index in [9.17, 15) is 4.79 Å². The number of likely N-dealkylation sites (tertiary alicyclic amines) is 1. The van der Waals surface area contributed by atoms with Gasteiger partial charge in [-0.3, -0.25) is 9.20 Å². The molecule has 0 radical (unpaired) electrons. The van der Waals surface area contributed by atoms with Crippen LogP contribution < -0.4 is 0 Å². The van der Waals surface area contributed by atoms with Crippen molar-refractivity contribution in [3.8, 4) is 0 Å². The lowest BCUT2D eigenvalue weighted by molar-refractivity contribution is -0.127. The molecule has 3 aromatic heterocycles. The summed E-state index contributed by atoms with van der Waals surface area (Å²) in [6.45, 7) is 5.46. The van der Waals surface area contributed by atoms with Gasteiger partial charge in [-0.2, -0.15) is 0 Å². The van der Waals surface area contributed by atoms with E-state index in [1.54, 1.807) is 13.1 Å². The monoisotopic (exact) mass is 297 g/mol. The molecular weight excluding hydrogens is 278 g/mol. The molecule has 6 heteroatoms. The second-order valence-electron chi connectivity index (χ2n) is 6.05. The molecule has 0 aromatic carbocycles. The lowest BCUT2D eigenvalue weighted by atomic mass is 9.91. The van der Waals surface area contributed by atoms with E-state index < -0.39 is 0 Å². The minimum Gasteiger partial charge on any atom is -0.345 e. The molecule has 6 nitrogen and oxygen atoms in total. The standard InChI is InChI=1S/C16H19N5O/c1-3-11-8-20(10(2)22)9-12(11)14-6-18-15-7-19-16-13(21(14)15)4-5-17-16/h4-7,11-12,17H,3,8-9H2,1-2H3/t11-,12+/m1/s1. The van der Waals surface area contributed by atoms with Gasteiger partial charge in [0, 0.05) is 44.0 Å². The molecule has 0 bridgehead atoms. The summed E-state index contributed by atoms with van der Waals surface area (Å²) >= 11 is 0. The number of carbonyl (C=O) groups excluding carboxylic acids is 1. The molecule has 114 valence electrons. The van der Waals surface area contributed by atoms with E-state index in [4.69, 9.17) is 0 Å². The fourth-order valence-electron chi connectivity index (χ4n) is 3.63. The summed E-state index contributed by atoms with van der Waals surface area (Å²) < 4.78 is 2.18. The van der Waals surface area contributed by atoms with Crippen LogP contribution in [0.25, 0.3) is 16.8 Å². The van der Waals surface area contributed by atoms with Gasteiger partial charge in [0.25, 0.3) is 0 Å². The molecule has 1 aliphatic rings. The zero-order chi connectivity index (χ0) is 15.3. The van der Waals surface area contributed by atoms with Crippen molar-refractivity contribution in [1.29, 1.82) is 0 Å². The van der Waals surface area contributed by atoms with Gasteiger partial charge in [0.2, 0.25) is 5.91 Å². The Morgan fingerprint density at radius 1 is 1.36 bits per heavy atom. The second-order valence-corrected chi connectivity index (χ2v) is 6.05. The average Bonchev–Trinajstić information content (AvgIpc) is 3.22. The number of rotatable bonds is 2. The minimum absolute atomic E-state index is 0.156. The Bertz CT molecular complexity index is 849. The number of fused-ring (bicyclic) bond motifs is 3. The molecular formula is C16H19N5O. The fraction of sp³-hybridized carbons (Fsp3) is 0.438. The van der Waals surface area contributed by atoms with Gasteiger partial charge in [-0.25, -0.2) is 9.97 Å². The van der Waals surface area contributed by atoms with Crippen LogP contribution in [0.1, 0.15) is 31.9 Å². The second kappa shape index (κ2) is 4.83. The van der Waals surface area contributed by atoms with Crippen LogP contribution in [-0.4, -0.2) is 43.2 Å². The Morgan fingerprint density at radius 3 is 3.00 bits per heavy atom. The van der Waals surface area contributed by atoms with Crippen LogP contribution in [-0.2, 0) is 4.79 Å². The molecule has 0 saturated carbocycles. The molecule has 4 heterocycles. The number of nitrogens with one attached hydrogen (secondary N) is 1. The Kier molecular flexibility index (Phi) is 2.92.